The maximum Gasteiger partial charge on any atom is 0.649 e. The largest absolute Gasteiger partial charge is 0.649 e. The van der Waals surface area contributed by atoms with Crippen LogP contribution in [-0.4, -0.2) is 26.7 Å². The van der Waals surface area contributed by atoms with Gasteiger partial charge in [0.25, 0.3) is 0 Å². The van der Waals surface area contributed by atoms with Gasteiger partial charge >= 0.3 is 13.8 Å². The van der Waals surface area contributed by atoms with Crippen molar-refractivity contribution in [1.82, 2.24) is 0 Å². The molecule has 0 fully saturated rings. The molecule has 0 spiro atoms. The highest BCUT2D eigenvalue weighted by Crippen LogP contribution is 2.52. The third kappa shape index (κ3) is 4.89. The van der Waals surface area contributed by atoms with Crippen molar-refractivity contribution in [3.8, 4) is 23.0 Å². The van der Waals surface area contributed by atoms with Crippen molar-refractivity contribution in [2.45, 2.75) is 0 Å². The number of hydrogen-bond donors (Lipinski definition) is 1. The van der Waals surface area contributed by atoms with Crippen LogP contribution in [0.5, 0.6) is 23.0 Å². The van der Waals surface area contributed by atoms with Gasteiger partial charge in [-0.2, -0.15) is 4.57 Å². The van der Waals surface area contributed by atoms with Gasteiger partial charge in [0.2, 0.25) is 0 Å². The maximum absolute atomic E-state index is 13.0. The Balaban J connectivity index is 2.36. The summed E-state index contributed by atoms with van der Waals surface area (Å²) in [6.45, 7) is -0.492. The van der Waals surface area contributed by atoms with Gasteiger partial charge in [0, 0.05) is 0 Å². The van der Waals surface area contributed by atoms with Crippen LogP contribution in [0.15, 0.2) is 48.5 Å². The number of hydrogen-bond acceptors (Lipinski definition) is 8. The lowest BCUT2D eigenvalue weighted by molar-refractivity contribution is -0.133. The molecular formula is C16H18NO7P. The van der Waals surface area contributed by atoms with E-state index in [1.165, 1.54) is 26.4 Å². The topological polar surface area (TPSA) is 106 Å². The molecule has 0 aliphatic heterocycles. The lowest BCUT2D eigenvalue weighted by Gasteiger charge is -2.20. The Labute approximate surface area is 145 Å². The normalized spacial score (nSPS) is 10.7. The van der Waals surface area contributed by atoms with Crippen LogP contribution in [0.1, 0.15) is 0 Å². The van der Waals surface area contributed by atoms with Gasteiger partial charge in [0.15, 0.2) is 23.0 Å². The zero-order chi connectivity index (χ0) is 18.3. The smallest absolute Gasteiger partial charge is 0.493 e. The SMILES string of the molecule is COc1ccccc1OP(=O)(OC(=O)CN)Oc1ccccc1OC. The molecule has 2 N–H and O–H groups in total. The molecule has 0 atom stereocenters. The molecule has 0 saturated heterocycles. The first-order valence-corrected chi connectivity index (χ1v) is 8.65. The molecule has 2 rings (SSSR count). The van der Waals surface area contributed by atoms with Crippen molar-refractivity contribution in [2.24, 2.45) is 5.73 Å². The van der Waals surface area contributed by atoms with E-state index in [1.807, 2.05) is 0 Å². The molecule has 25 heavy (non-hydrogen) atoms. The molecule has 134 valence electrons. The third-order valence-electron chi connectivity index (χ3n) is 2.94. The van der Waals surface area contributed by atoms with Crippen molar-refractivity contribution >= 4 is 13.8 Å². The Morgan fingerprint density at radius 3 is 1.64 bits per heavy atom. The fourth-order valence-electron chi connectivity index (χ4n) is 1.85. The summed E-state index contributed by atoms with van der Waals surface area (Å²) >= 11 is 0. The molecule has 0 radical (unpaired) electrons. The number of phosphoric ester groups is 1. The monoisotopic (exact) mass is 367 g/mol. The van der Waals surface area contributed by atoms with Crippen molar-refractivity contribution in [3.05, 3.63) is 48.5 Å². The summed E-state index contributed by atoms with van der Waals surface area (Å²) < 4.78 is 38.8. The average molecular weight is 367 g/mol. The summed E-state index contributed by atoms with van der Waals surface area (Å²) in [7, 11) is -1.57. The average Bonchev–Trinajstić information content (AvgIpc) is 2.62. The summed E-state index contributed by atoms with van der Waals surface area (Å²) in [4.78, 5) is 11.6. The molecule has 8 nitrogen and oxygen atoms in total. The molecule has 0 bridgehead atoms. The van der Waals surface area contributed by atoms with Crippen LogP contribution in [0.25, 0.3) is 0 Å². The highest BCUT2D eigenvalue weighted by molar-refractivity contribution is 7.50. The second-order valence-electron chi connectivity index (χ2n) is 4.60. The van der Waals surface area contributed by atoms with Crippen molar-refractivity contribution in [1.29, 1.82) is 0 Å². The Kier molecular flexibility index (Phi) is 6.27. The predicted molar refractivity (Wildman–Crippen MR) is 90.0 cm³/mol. The zero-order valence-electron chi connectivity index (χ0n) is 13.7. The van der Waals surface area contributed by atoms with E-state index in [0.29, 0.717) is 0 Å². The summed E-state index contributed by atoms with van der Waals surface area (Å²) in [5.41, 5.74) is 5.22. The Bertz CT molecular complexity index is 727. The number of phosphoric acid groups is 1. The molecule has 0 amide bonds. The summed E-state index contributed by atoms with van der Waals surface area (Å²) in [5.74, 6) is -0.223. The molecule has 0 saturated carbocycles. The van der Waals surface area contributed by atoms with Crippen LogP contribution in [0.4, 0.5) is 0 Å². The summed E-state index contributed by atoms with van der Waals surface area (Å²) in [6, 6.07) is 12.8. The van der Waals surface area contributed by atoms with E-state index >= 15 is 0 Å². The van der Waals surface area contributed by atoms with E-state index in [1.54, 1.807) is 36.4 Å². The number of para-hydroxylation sites is 4. The fourth-order valence-corrected chi connectivity index (χ4v) is 3.07. The molecule has 2 aromatic carbocycles. The fraction of sp³-hybridized carbons (Fsp3) is 0.188. The van der Waals surface area contributed by atoms with E-state index in [-0.39, 0.29) is 23.0 Å². The highest BCUT2D eigenvalue weighted by Gasteiger charge is 2.36. The van der Waals surface area contributed by atoms with Gasteiger partial charge in [-0.25, -0.2) is 0 Å². The Hall–Kier alpha value is -2.70. The van der Waals surface area contributed by atoms with Crippen LogP contribution in [0.3, 0.4) is 0 Å². The van der Waals surface area contributed by atoms with E-state index in [2.05, 4.69) is 0 Å². The second kappa shape index (κ2) is 8.41. The Morgan fingerprint density at radius 1 is 0.880 bits per heavy atom. The van der Waals surface area contributed by atoms with Gasteiger partial charge in [-0.3, -0.25) is 4.79 Å². The molecule has 0 aliphatic rings. The van der Waals surface area contributed by atoms with Crippen LogP contribution in [-0.2, 0) is 13.9 Å². The predicted octanol–water partition coefficient (Wildman–Crippen LogP) is 2.77. The van der Waals surface area contributed by atoms with Crippen LogP contribution in [0, 0.1) is 0 Å². The van der Waals surface area contributed by atoms with Crippen molar-refractivity contribution < 1.29 is 32.4 Å². The van der Waals surface area contributed by atoms with Gasteiger partial charge in [0.05, 0.1) is 20.8 Å². The van der Waals surface area contributed by atoms with E-state index in [0.717, 1.165) is 0 Å². The van der Waals surface area contributed by atoms with Gasteiger partial charge in [-0.15, -0.1) is 0 Å². The van der Waals surface area contributed by atoms with E-state index in [9.17, 15) is 9.36 Å². The number of nitrogens with two attached hydrogens (primary N) is 1. The van der Waals surface area contributed by atoms with Crippen LogP contribution < -0.4 is 24.3 Å². The molecule has 0 heterocycles. The van der Waals surface area contributed by atoms with Crippen LogP contribution in [0.2, 0.25) is 0 Å². The van der Waals surface area contributed by atoms with E-state index < -0.39 is 20.3 Å². The lowest BCUT2D eigenvalue weighted by atomic mass is 10.3. The third-order valence-corrected chi connectivity index (χ3v) is 4.21. The number of methoxy groups -OCH3 is 2. The Morgan fingerprint density at radius 2 is 1.28 bits per heavy atom. The number of rotatable bonds is 8. The number of carbonyl (C=O) groups is 1. The van der Waals surface area contributed by atoms with Gasteiger partial charge < -0.3 is 28.8 Å². The maximum atomic E-state index is 13.0. The number of benzene rings is 2. The summed E-state index contributed by atoms with van der Waals surface area (Å²) in [5, 5.41) is 0. The first-order chi connectivity index (χ1) is 12.0. The highest BCUT2D eigenvalue weighted by atomic mass is 31.2. The number of ether oxygens (including phenoxy) is 2. The quantitative estimate of drug-likeness (QED) is 0.710. The minimum Gasteiger partial charge on any atom is -0.493 e. The van der Waals surface area contributed by atoms with Gasteiger partial charge in [0.1, 0.15) is 0 Å². The first kappa shape index (κ1) is 18.6. The lowest BCUT2D eigenvalue weighted by Crippen LogP contribution is -2.18. The second-order valence-corrected chi connectivity index (χ2v) is 6.04. The molecule has 0 unspecified atom stereocenters. The summed E-state index contributed by atoms with van der Waals surface area (Å²) in [6.07, 6.45) is 0. The minimum absolute atomic E-state index is 0.0769. The molecule has 0 aromatic heterocycles. The molecule has 0 aliphatic carbocycles. The van der Waals surface area contributed by atoms with Gasteiger partial charge in [-0.05, 0) is 24.3 Å². The number of carbonyl (C=O) groups excluding carboxylic acids is 1. The van der Waals surface area contributed by atoms with E-state index in [4.69, 9.17) is 28.8 Å². The molecule has 9 heteroatoms. The standard InChI is InChI=1S/C16H18NO7P/c1-20-12-7-3-5-9-14(12)22-25(19,24-16(18)11-17)23-15-10-6-4-8-13(15)21-2/h3-10H,11,17H2,1-2H3. The minimum atomic E-state index is -4.41. The van der Waals surface area contributed by atoms with Crippen molar-refractivity contribution in [3.63, 3.8) is 0 Å². The molecular weight excluding hydrogens is 349 g/mol. The van der Waals surface area contributed by atoms with Crippen LogP contribution >= 0.6 is 7.82 Å². The van der Waals surface area contributed by atoms with Gasteiger partial charge in [-0.1, -0.05) is 24.3 Å². The zero-order valence-corrected chi connectivity index (χ0v) is 14.6. The first-order valence-electron chi connectivity index (χ1n) is 7.19. The van der Waals surface area contributed by atoms with Crippen molar-refractivity contribution in [2.75, 3.05) is 20.8 Å². The molecule has 2 aromatic rings.